The van der Waals surface area contributed by atoms with E-state index in [0.29, 0.717) is 31.6 Å². The first-order valence-electron chi connectivity index (χ1n) is 5.33. The largest absolute Gasteiger partial charge is 0.389 e. The average Bonchev–Trinajstić information content (AvgIpc) is 2.23. The fourth-order valence-electron chi connectivity index (χ4n) is 1.95. The Kier molecular flexibility index (Phi) is 3.21. The van der Waals surface area contributed by atoms with E-state index < -0.39 is 17.2 Å². The second-order valence-electron chi connectivity index (χ2n) is 4.25. The Hall–Kier alpha value is -1.00. The minimum absolute atomic E-state index is 0.211. The van der Waals surface area contributed by atoms with Gasteiger partial charge in [0.1, 0.15) is 11.6 Å². The van der Waals surface area contributed by atoms with Gasteiger partial charge in [0.15, 0.2) is 0 Å². The van der Waals surface area contributed by atoms with Gasteiger partial charge in [0.2, 0.25) is 0 Å². The van der Waals surface area contributed by atoms with Crippen molar-refractivity contribution in [3.63, 3.8) is 0 Å². The summed E-state index contributed by atoms with van der Waals surface area (Å²) >= 11 is 0. The van der Waals surface area contributed by atoms with Crippen molar-refractivity contribution in [3.8, 4) is 0 Å². The Labute approximate surface area is 92.9 Å². The first-order chi connectivity index (χ1) is 7.59. The molecule has 0 amide bonds. The van der Waals surface area contributed by atoms with Crippen LogP contribution in [0.3, 0.4) is 0 Å². The minimum Gasteiger partial charge on any atom is -0.389 e. The summed E-state index contributed by atoms with van der Waals surface area (Å²) in [6, 6.07) is 3.44. The van der Waals surface area contributed by atoms with Gasteiger partial charge in [0.25, 0.3) is 0 Å². The first kappa shape index (κ1) is 11.5. The quantitative estimate of drug-likeness (QED) is 0.839. The lowest BCUT2D eigenvalue weighted by Crippen LogP contribution is -2.38. The maximum atomic E-state index is 13.4. The molecular formula is C12H14F2O2. The van der Waals surface area contributed by atoms with Crippen molar-refractivity contribution in [3.05, 3.63) is 35.4 Å². The Balaban J connectivity index is 2.13. The van der Waals surface area contributed by atoms with Crippen LogP contribution in [0.1, 0.15) is 18.4 Å². The molecule has 0 bridgehead atoms. The summed E-state index contributed by atoms with van der Waals surface area (Å²) in [6.45, 7) is 0.971. The van der Waals surface area contributed by atoms with Crippen LogP contribution in [0.25, 0.3) is 0 Å². The maximum absolute atomic E-state index is 13.4. The lowest BCUT2D eigenvalue weighted by atomic mass is 9.87. The second kappa shape index (κ2) is 4.47. The molecule has 1 aromatic rings. The zero-order valence-electron chi connectivity index (χ0n) is 8.88. The molecule has 2 nitrogen and oxygen atoms in total. The van der Waals surface area contributed by atoms with E-state index >= 15 is 0 Å². The molecule has 0 unspecified atom stereocenters. The van der Waals surface area contributed by atoms with Crippen LogP contribution in [-0.2, 0) is 11.2 Å². The molecule has 0 atom stereocenters. The molecule has 1 heterocycles. The van der Waals surface area contributed by atoms with Gasteiger partial charge in [0, 0.05) is 25.7 Å². The Bertz CT molecular complexity index is 373. The van der Waals surface area contributed by atoms with E-state index in [4.69, 9.17) is 4.74 Å². The molecular weight excluding hydrogens is 214 g/mol. The third kappa shape index (κ3) is 2.57. The molecule has 1 fully saturated rings. The number of benzene rings is 1. The van der Waals surface area contributed by atoms with E-state index in [9.17, 15) is 13.9 Å². The maximum Gasteiger partial charge on any atom is 0.129 e. The third-order valence-electron chi connectivity index (χ3n) is 2.96. The van der Waals surface area contributed by atoms with Gasteiger partial charge in [-0.15, -0.1) is 0 Å². The van der Waals surface area contributed by atoms with Crippen molar-refractivity contribution >= 4 is 0 Å². The van der Waals surface area contributed by atoms with E-state index in [-0.39, 0.29) is 6.42 Å². The van der Waals surface area contributed by atoms with Gasteiger partial charge < -0.3 is 9.84 Å². The van der Waals surface area contributed by atoms with Gasteiger partial charge in [-0.2, -0.15) is 0 Å². The number of rotatable bonds is 2. The molecule has 16 heavy (non-hydrogen) atoms. The molecule has 1 aliphatic heterocycles. The molecule has 88 valence electrons. The SMILES string of the molecule is OC1(Cc2ccc(F)cc2F)CCOCC1. The fraction of sp³-hybridized carbons (Fsp3) is 0.500. The number of halogens is 2. The van der Waals surface area contributed by atoms with E-state index in [1.165, 1.54) is 12.1 Å². The highest BCUT2D eigenvalue weighted by Gasteiger charge is 2.30. The second-order valence-corrected chi connectivity index (χ2v) is 4.25. The lowest BCUT2D eigenvalue weighted by Gasteiger charge is -2.32. The molecule has 1 N–H and O–H groups in total. The van der Waals surface area contributed by atoms with Crippen molar-refractivity contribution in [2.24, 2.45) is 0 Å². The van der Waals surface area contributed by atoms with Crippen molar-refractivity contribution in [2.45, 2.75) is 24.9 Å². The predicted octanol–water partition coefficient (Wildman–Crippen LogP) is 2.05. The molecule has 1 saturated heterocycles. The molecule has 0 radical (unpaired) electrons. The molecule has 1 aliphatic rings. The van der Waals surface area contributed by atoms with Crippen molar-refractivity contribution in [2.75, 3.05) is 13.2 Å². The van der Waals surface area contributed by atoms with E-state index in [1.807, 2.05) is 0 Å². The van der Waals surface area contributed by atoms with E-state index in [1.54, 1.807) is 0 Å². The van der Waals surface area contributed by atoms with Crippen LogP contribution >= 0.6 is 0 Å². The normalized spacial score (nSPS) is 19.7. The average molecular weight is 228 g/mol. The summed E-state index contributed by atoms with van der Waals surface area (Å²) in [4.78, 5) is 0. The highest BCUT2D eigenvalue weighted by atomic mass is 19.1. The van der Waals surface area contributed by atoms with Gasteiger partial charge in [0.05, 0.1) is 5.60 Å². The van der Waals surface area contributed by atoms with E-state index in [0.717, 1.165) is 6.07 Å². The molecule has 4 heteroatoms. The highest BCUT2D eigenvalue weighted by Crippen LogP contribution is 2.26. The summed E-state index contributed by atoms with van der Waals surface area (Å²) in [5.41, 5.74) is -0.567. The van der Waals surface area contributed by atoms with Crippen molar-refractivity contribution < 1.29 is 18.6 Å². The highest BCUT2D eigenvalue weighted by molar-refractivity contribution is 5.20. The van der Waals surface area contributed by atoms with Crippen LogP contribution in [0.15, 0.2) is 18.2 Å². The van der Waals surface area contributed by atoms with Gasteiger partial charge in [-0.05, 0) is 24.5 Å². The van der Waals surface area contributed by atoms with Crippen molar-refractivity contribution in [1.82, 2.24) is 0 Å². The number of ether oxygens (including phenoxy) is 1. The van der Waals surface area contributed by atoms with Gasteiger partial charge in [-0.1, -0.05) is 6.07 Å². The van der Waals surface area contributed by atoms with Crippen LogP contribution in [0.5, 0.6) is 0 Å². The fourth-order valence-corrected chi connectivity index (χ4v) is 1.95. The topological polar surface area (TPSA) is 29.5 Å². The summed E-state index contributed by atoms with van der Waals surface area (Å²) in [6.07, 6.45) is 1.19. The third-order valence-corrected chi connectivity index (χ3v) is 2.96. The summed E-state index contributed by atoms with van der Waals surface area (Å²) < 4.78 is 31.2. The first-order valence-corrected chi connectivity index (χ1v) is 5.33. The number of hydrogen-bond acceptors (Lipinski definition) is 2. The van der Waals surface area contributed by atoms with Gasteiger partial charge in [-0.3, -0.25) is 0 Å². The minimum atomic E-state index is -0.920. The molecule has 1 aromatic carbocycles. The Morgan fingerprint density at radius 1 is 1.25 bits per heavy atom. The lowest BCUT2D eigenvalue weighted by molar-refractivity contribution is -0.0629. The molecule has 2 rings (SSSR count). The number of aliphatic hydroxyl groups is 1. The van der Waals surface area contributed by atoms with Gasteiger partial charge >= 0.3 is 0 Å². The van der Waals surface area contributed by atoms with Crippen LogP contribution in [0.4, 0.5) is 8.78 Å². The number of hydrogen-bond donors (Lipinski definition) is 1. The summed E-state index contributed by atoms with van der Waals surface area (Å²) in [7, 11) is 0. The summed E-state index contributed by atoms with van der Waals surface area (Å²) in [5, 5.41) is 10.2. The zero-order chi connectivity index (χ0) is 11.6. The van der Waals surface area contributed by atoms with Crippen LogP contribution in [-0.4, -0.2) is 23.9 Å². The van der Waals surface area contributed by atoms with Gasteiger partial charge in [-0.25, -0.2) is 8.78 Å². The van der Waals surface area contributed by atoms with Crippen molar-refractivity contribution in [1.29, 1.82) is 0 Å². The van der Waals surface area contributed by atoms with Crippen LogP contribution in [0.2, 0.25) is 0 Å². The summed E-state index contributed by atoms with van der Waals surface area (Å²) in [5.74, 6) is -1.19. The molecule has 0 aromatic heterocycles. The molecule has 0 saturated carbocycles. The standard InChI is InChI=1S/C12H14F2O2/c13-10-2-1-9(11(14)7-10)8-12(15)3-5-16-6-4-12/h1-2,7,15H,3-6,8H2. The van der Waals surface area contributed by atoms with Crippen LogP contribution < -0.4 is 0 Å². The van der Waals surface area contributed by atoms with E-state index in [2.05, 4.69) is 0 Å². The molecule has 0 aliphatic carbocycles. The zero-order valence-corrected chi connectivity index (χ0v) is 8.88. The Morgan fingerprint density at radius 2 is 1.94 bits per heavy atom. The monoisotopic (exact) mass is 228 g/mol. The smallest absolute Gasteiger partial charge is 0.129 e. The Morgan fingerprint density at radius 3 is 2.56 bits per heavy atom. The molecule has 0 spiro atoms. The van der Waals surface area contributed by atoms with Crippen LogP contribution in [0, 0.1) is 11.6 Å². The predicted molar refractivity (Wildman–Crippen MR) is 55.1 cm³/mol.